The minimum atomic E-state index is -0.746. The van der Waals surface area contributed by atoms with Crippen LogP contribution >= 0.6 is 0 Å². The van der Waals surface area contributed by atoms with Crippen molar-refractivity contribution in [2.75, 3.05) is 7.11 Å². The lowest BCUT2D eigenvalue weighted by Crippen LogP contribution is -2.05. The van der Waals surface area contributed by atoms with E-state index in [0.29, 0.717) is 10.9 Å². The van der Waals surface area contributed by atoms with Crippen molar-refractivity contribution in [3.63, 3.8) is 0 Å². The Labute approximate surface area is 96.0 Å². The van der Waals surface area contributed by atoms with Crippen LogP contribution in [0, 0.1) is 10.1 Å². The molecule has 0 aliphatic rings. The van der Waals surface area contributed by atoms with Gasteiger partial charge in [0.1, 0.15) is 5.56 Å². The molecule has 0 radical (unpaired) electrons. The van der Waals surface area contributed by atoms with Gasteiger partial charge in [0.2, 0.25) is 0 Å². The Bertz CT molecular complexity index is 609. The summed E-state index contributed by atoms with van der Waals surface area (Å²) in [4.78, 5) is 25.7. The predicted octanol–water partition coefficient (Wildman–Crippen LogP) is 1.93. The van der Waals surface area contributed by atoms with Gasteiger partial charge in [0, 0.05) is 17.6 Å². The maximum absolute atomic E-state index is 11.4. The van der Waals surface area contributed by atoms with E-state index >= 15 is 0 Å². The molecule has 86 valence electrons. The third-order valence-electron chi connectivity index (χ3n) is 2.32. The van der Waals surface area contributed by atoms with Gasteiger partial charge in [-0.15, -0.1) is 0 Å². The number of hydrogen-bond donors (Lipinski definition) is 0. The molecule has 17 heavy (non-hydrogen) atoms. The lowest BCUT2D eigenvalue weighted by Gasteiger charge is -2.03. The summed E-state index contributed by atoms with van der Waals surface area (Å²) >= 11 is 0. The summed E-state index contributed by atoms with van der Waals surface area (Å²) in [6.07, 6.45) is 1.55. The van der Waals surface area contributed by atoms with Crippen LogP contribution in [0.3, 0.4) is 0 Å². The topological polar surface area (TPSA) is 82.3 Å². The number of rotatable bonds is 2. The van der Waals surface area contributed by atoms with Crippen molar-refractivity contribution in [2.24, 2.45) is 0 Å². The molecule has 0 aliphatic carbocycles. The van der Waals surface area contributed by atoms with E-state index < -0.39 is 10.9 Å². The molecule has 0 amide bonds. The molecular weight excluding hydrogens is 224 g/mol. The SMILES string of the molecule is COC(=O)c1cc2ncccc2cc1[N+](=O)[O-]. The molecule has 1 aromatic carbocycles. The molecule has 2 aromatic rings. The molecule has 0 spiro atoms. The summed E-state index contributed by atoms with van der Waals surface area (Å²) in [5.41, 5.74) is 0.138. The van der Waals surface area contributed by atoms with E-state index in [-0.39, 0.29) is 11.3 Å². The minimum Gasteiger partial charge on any atom is -0.465 e. The van der Waals surface area contributed by atoms with Crippen molar-refractivity contribution < 1.29 is 14.5 Å². The Morgan fingerprint density at radius 1 is 1.47 bits per heavy atom. The third-order valence-corrected chi connectivity index (χ3v) is 2.32. The number of esters is 1. The molecule has 0 unspecified atom stereocenters. The second kappa shape index (κ2) is 4.17. The maximum atomic E-state index is 11.4. The van der Waals surface area contributed by atoms with Crippen molar-refractivity contribution in [3.05, 3.63) is 46.1 Å². The molecule has 2 rings (SSSR count). The molecule has 0 fully saturated rings. The van der Waals surface area contributed by atoms with Crippen LogP contribution in [0.25, 0.3) is 10.9 Å². The normalized spacial score (nSPS) is 10.2. The third kappa shape index (κ3) is 1.92. The first-order valence-corrected chi connectivity index (χ1v) is 4.75. The standard InChI is InChI=1S/C11H8N2O4/c1-17-11(14)8-6-9-7(3-2-4-12-9)5-10(8)13(15)16/h2-6H,1H3. The first-order valence-electron chi connectivity index (χ1n) is 4.75. The number of hydrogen-bond acceptors (Lipinski definition) is 5. The van der Waals surface area contributed by atoms with Crippen LogP contribution in [0.2, 0.25) is 0 Å². The van der Waals surface area contributed by atoms with Crippen LogP contribution in [-0.2, 0) is 4.74 Å². The maximum Gasteiger partial charge on any atom is 0.344 e. The number of pyridine rings is 1. The number of fused-ring (bicyclic) bond motifs is 1. The van der Waals surface area contributed by atoms with Crippen LogP contribution in [0.4, 0.5) is 5.69 Å². The molecule has 0 saturated carbocycles. The van der Waals surface area contributed by atoms with Gasteiger partial charge in [-0.3, -0.25) is 15.1 Å². The average molecular weight is 232 g/mol. The molecule has 0 N–H and O–H groups in total. The molecule has 1 aromatic heterocycles. The highest BCUT2D eigenvalue weighted by molar-refractivity contribution is 5.99. The zero-order chi connectivity index (χ0) is 12.4. The fourth-order valence-corrected chi connectivity index (χ4v) is 1.53. The van der Waals surface area contributed by atoms with E-state index in [0.717, 1.165) is 0 Å². The van der Waals surface area contributed by atoms with E-state index in [2.05, 4.69) is 9.72 Å². The summed E-state index contributed by atoms with van der Waals surface area (Å²) in [7, 11) is 1.18. The first kappa shape index (κ1) is 11.0. The Kier molecular flexibility index (Phi) is 2.70. The summed E-state index contributed by atoms with van der Waals surface area (Å²) in [6, 6.07) is 6.04. The van der Waals surface area contributed by atoms with E-state index in [1.165, 1.54) is 19.2 Å². The van der Waals surface area contributed by atoms with Gasteiger partial charge in [-0.25, -0.2) is 4.79 Å². The van der Waals surface area contributed by atoms with Gasteiger partial charge in [-0.1, -0.05) is 6.07 Å². The Morgan fingerprint density at radius 2 is 2.24 bits per heavy atom. The number of aromatic nitrogens is 1. The number of benzene rings is 1. The molecule has 6 nitrogen and oxygen atoms in total. The fourth-order valence-electron chi connectivity index (χ4n) is 1.53. The lowest BCUT2D eigenvalue weighted by atomic mass is 10.1. The van der Waals surface area contributed by atoms with Crippen LogP contribution in [-0.4, -0.2) is 23.0 Å². The number of ether oxygens (including phenoxy) is 1. The number of nitro groups is 1. The van der Waals surface area contributed by atoms with Crippen LogP contribution in [0.15, 0.2) is 30.5 Å². The average Bonchev–Trinajstić information content (AvgIpc) is 2.36. The second-order valence-electron chi connectivity index (χ2n) is 3.31. The number of methoxy groups -OCH3 is 1. The summed E-state index contributed by atoms with van der Waals surface area (Å²) in [5.74, 6) is -0.746. The predicted molar refractivity (Wildman–Crippen MR) is 59.7 cm³/mol. The van der Waals surface area contributed by atoms with Crippen LogP contribution in [0.1, 0.15) is 10.4 Å². The number of nitro benzene ring substituents is 1. The zero-order valence-electron chi connectivity index (χ0n) is 8.91. The largest absolute Gasteiger partial charge is 0.465 e. The van der Waals surface area contributed by atoms with Gasteiger partial charge in [0.15, 0.2) is 0 Å². The molecule has 6 heteroatoms. The van der Waals surface area contributed by atoms with Gasteiger partial charge < -0.3 is 4.74 Å². The monoisotopic (exact) mass is 232 g/mol. The molecule has 0 atom stereocenters. The molecule has 0 bridgehead atoms. The molecular formula is C11H8N2O4. The summed E-state index contributed by atoms with van der Waals surface area (Å²) < 4.78 is 4.50. The van der Waals surface area contributed by atoms with E-state index in [9.17, 15) is 14.9 Å². The summed E-state index contributed by atoms with van der Waals surface area (Å²) in [6.45, 7) is 0. The molecule has 0 saturated heterocycles. The minimum absolute atomic E-state index is 0.0938. The Morgan fingerprint density at radius 3 is 2.88 bits per heavy atom. The van der Waals surface area contributed by atoms with Crippen LogP contribution < -0.4 is 0 Å². The highest BCUT2D eigenvalue weighted by Crippen LogP contribution is 2.25. The first-order chi connectivity index (χ1) is 8.13. The lowest BCUT2D eigenvalue weighted by molar-refractivity contribution is -0.385. The van der Waals surface area contributed by atoms with Gasteiger partial charge in [-0.2, -0.15) is 0 Å². The highest BCUT2D eigenvalue weighted by atomic mass is 16.6. The quantitative estimate of drug-likeness (QED) is 0.448. The highest BCUT2D eigenvalue weighted by Gasteiger charge is 2.21. The van der Waals surface area contributed by atoms with Gasteiger partial charge in [0.05, 0.1) is 17.5 Å². The Hall–Kier alpha value is -2.50. The van der Waals surface area contributed by atoms with Crippen molar-refractivity contribution in [3.8, 4) is 0 Å². The van der Waals surface area contributed by atoms with Crippen molar-refractivity contribution in [1.29, 1.82) is 0 Å². The molecule has 0 aliphatic heterocycles. The Balaban J connectivity index is 2.75. The molecule has 1 heterocycles. The number of carbonyl (C=O) groups is 1. The van der Waals surface area contributed by atoms with Gasteiger partial charge >= 0.3 is 5.97 Å². The van der Waals surface area contributed by atoms with Gasteiger partial charge in [0.25, 0.3) is 5.69 Å². The van der Waals surface area contributed by atoms with Crippen molar-refractivity contribution in [1.82, 2.24) is 4.98 Å². The number of nitrogens with zero attached hydrogens (tertiary/aromatic N) is 2. The van der Waals surface area contributed by atoms with E-state index in [4.69, 9.17) is 0 Å². The summed E-state index contributed by atoms with van der Waals surface area (Å²) in [5, 5.41) is 11.5. The van der Waals surface area contributed by atoms with Crippen molar-refractivity contribution >= 4 is 22.6 Å². The second-order valence-corrected chi connectivity index (χ2v) is 3.31. The van der Waals surface area contributed by atoms with E-state index in [1.54, 1.807) is 18.3 Å². The smallest absolute Gasteiger partial charge is 0.344 e. The van der Waals surface area contributed by atoms with Gasteiger partial charge in [-0.05, 0) is 12.1 Å². The zero-order valence-corrected chi connectivity index (χ0v) is 8.91. The van der Waals surface area contributed by atoms with E-state index in [1.807, 2.05) is 0 Å². The van der Waals surface area contributed by atoms with Crippen LogP contribution in [0.5, 0.6) is 0 Å². The fraction of sp³-hybridized carbons (Fsp3) is 0.0909. The van der Waals surface area contributed by atoms with Crippen molar-refractivity contribution in [2.45, 2.75) is 0 Å². The number of carbonyl (C=O) groups excluding carboxylic acids is 1.